The van der Waals surface area contributed by atoms with Gasteiger partial charge in [0, 0.05) is 6.54 Å². The molecule has 2 rings (SSSR count). The molecular weight excluding hydrogens is 284 g/mol. The lowest BCUT2D eigenvalue weighted by Gasteiger charge is -2.31. The van der Waals surface area contributed by atoms with Gasteiger partial charge in [-0.2, -0.15) is 9.57 Å². The van der Waals surface area contributed by atoms with Crippen LogP contribution in [0.1, 0.15) is 5.56 Å². The van der Waals surface area contributed by atoms with E-state index in [2.05, 4.69) is 0 Å². The second kappa shape index (κ2) is 5.58. The van der Waals surface area contributed by atoms with E-state index in [1.807, 2.05) is 0 Å². The number of rotatable bonds is 3. The molecular formula is C12H12N2O5S. The molecule has 0 amide bonds. The van der Waals surface area contributed by atoms with E-state index in [0.717, 1.165) is 4.31 Å². The van der Waals surface area contributed by atoms with Crippen LogP contribution in [0, 0.1) is 11.3 Å². The van der Waals surface area contributed by atoms with Gasteiger partial charge in [0.2, 0.25) is 10.0 Å². The third kappa shape index (κ3) is 2.51. The molecule has 1 saturated heterocycles. The number of nitrogens with zero attached hydrogens (tertiary/aromatic N) is 2. The number of ether oxygens (including phenoxy) is 1. The van der Waals surface area contributed by atoms with E-state index >= 15 is 0 Å². The van der Waals surface area contributed by atoms with E-state index in [9.17, 15) is 13.2 Å². The number of carbonyl (C=O) groups is 1. The maximum atomic E-state index is 12.5. The first kappa shape index (κ1) is 14.5. The Balaban J connectivity index is 2.48. The van der Waals surface area contributed by atoms with Crippen molar-refractivity contribution in [3.63, 3.8) is 0 Å². The molecule has 7 nitrogen and oxygen atoms in total. The molecule has 1 aromatic carbocycles. The average molecular weight is 296 g/mol. The molecule has 1 N–H and O–H groups in total. The summed E-state index contributed by atoms with van der Waals surface area (Å²) in [6.45, 7) is -0.139. The summed E-state index contributed by atoms with van der Waals surface area (Å²) in [4.78, 5) is 11.0. The van der Waals surface area contributed by atoms with E-state index in [-0.39, 0.29) is 30.2 Å². The monoisotopic (exact) mass is 296 g/mol. The zero-order chi connectivity index (χ0) is 14.8. The minimum Gasteiger partial charge on any atom is -0.480 e. The van der Waals surface area contributed by atoms with Crippen LogP contribution in [0.25, 0.3) is 0 Å². The Hall–Kier alpha value is -1.95. The van der Waals surface area contributed by atoms with Crippen LogP contribution in [0.2, 0.25) is 0 Å². The van der Waals surface area contributed by atoms with E-state index in [4.69, 9.17) is 15.1 Å². The third-order valence-corrected chi connectivity index (χ3v) is 4.92. The smallest absolute Gasteiger partial charge is 0.324 e. The van der Waals surface area contributed by atoms with Crippen LogP contribution in [0.5, 0.6) is 0 Å². The highest BCUT2D eigenvalue weighted by Gasteiger charge is 2.39. The largest absolute Gasteiger partial charge is 0.480 e. The highest BCUT2D eigenvalue weighted by atomic mass is 32.2. The van der Waals surface area contributed by atoms with Crippen molar-refractivity contribution in [2.45, 2.75) is 10.9 Å². The molecule has 0 saturated carbocycles. The van der Waals surface area contributed by atoms with Crippen molar-refractivity contribution < 1.29 is 23.1 Å². The van der Waals surface area contributed by atoms with Gasteiger partial charge in [0.25, 0.3) is 0 Å². The number of hydrogen-bond donors (Lipinski definition) is 1. The van der Waals surface area contributed by atoms with Gasteiger partial charge in [0.15, 0.2) is 0 Å². The minimum atomic E-state index is -4.05. The summed E-state index contributed by atoms with van der Waals surface area (Å²) in [5.74, 6) is -1.28. The lowest BCUT2D eigenvalue weighted by atomic mass is 10.2. The highest BCUT2D eigenvalue weighted by Crippen LogP contribution is 2.23. The lowest BCUT2D eigenvalue weighted by molar-refractivity contribution is -0.146. The maximum absolute atomic E-state index is 12.5. The summed E-state index contributed by atoms with van der Waals surface area (Å²) in [7, 11) is -4.05. The predicted molar refractivity (Wildman–Crippen MR) is 67.3 cm³/mol. The van der Waals surface area contributed by atoms with E-state index in [1.165, 1.54) is 18.2 Å². The first-order valence-electron chi connectivity index (χ1n) is 5.80. The first-order chi connectivity index (χ1) is 9.48. The van der Waals surface area contributed by atoms with Crippen molar-refractivity contribution in [2.75, 3.05) is 19.8 Å². The number of sulfonamides is 1. The normalized spacial score (nSPS) is 20.2. The van der Waals surface area contributed by atoms with Crippen LogP contribution in [-0.4, -0.2) is 49.6 Å². The fourth-order valence-corrected chi connectivity index (χ4v) is 3.68. The maximum Gasteiger partial charge on any atom is 0.324 e. The molecule has 1 aromatic rings. The van der Waals surface area contributed by atoms with Gasteiger partial charge in [0.05, 0.1) is 23.7 Å². The molecule has 0 spiro atoms. The summed E-state index contributed by atoms with van der Waals surface area (Å²) in [6, 6.07) is 6.23. The standard InChI is InChI=1S/C12H12N2O5S/c13-7-9-3-1-2-4-11(9)20(17,18)14-5-6-19-8-10(14)12(15)16/h1-4,10H,5-6,8H2,(H,15,16). The van der Waals surface area contributed by atoms with Crippen LogP contribution >= 0.6 is 0 Å². The second-order valence-electron chi connectivity index (χ2n) is 4.15. The third-order valence-electron chi connectivity index (χ3n) is 2.96. The molecule has 1 aliphatic rings. The van der Waals surface area contributed by atoms with E-state index in [1.54, 1.807) is 12.1 Å². The van der Waals surface area contributed by atoms with Crippen molar-refractivity contribution in [1.29, 1.82) is 5.26 Å². The summed E-state index contributed by atoms with van der Waals surface area (Å²) in [5.41, 5.74) is -0.0110. The van der Waals surface area contributed by atoms with Gasteiger partial charge in [-0.3, -0.25) is 4.79 Å². The SMILES string of the molecule is N#Cc1ccccc1S(=O)(=O)N1CCOCC1C(=O)O. The van der Waals surface area contributed by atoms with Crippen LogP contribution in [-0.2, 0) is 19.6 Å². The zero-order valence-corrected chi connectivity index (χ0v) is 11.2. The number of morpholine rings is 1. The van der Waals surface area contributed by atoms with Crippen LogP contribution < -0.4 is 0 Å². The molecule has 1 aliphatic heterocycles. The number of carboxylic acid groups (broad SMARTS) is 1. The Labute approximate surface area is 116 Å². The Morgan fingerprint density at radius 2 is 2.15 bits per heavy atom. The van der Waals surface area contributed by atoms with Crippen molar-refractivity contribution >= 4 is 16.0 Å². The molecule has 1 heterocycles. The summed E-state index contributed by atoms with van der Waals surface area (Å²) in [6.07, 6.45) is 0. The van der Waals surface area contributed by atoms with Gasteiger partial charge in [-0.15, -0.1) is 0 Å². The molecule has 0 bridgehead atoms. The van der Waals surface area contributed by atoms with Crippen LogP contribution in [0.15, 0.2) is 29.2 Å². The van der Waals surface area contributed by atoms with Crippen molar-refractivity contribution in [2.24, 2.45) is 0 Å². The molecule has 0 radical (unpaired) electrons. The second-order valence-corrected chi connectivity index (χ2v) is 6.01. The van der Waals surface area contributed by atoms with Crippen LogP contribution in [0.3, 0.4) is 0 Å². The lowest BCUT2D eigenvalue weighted by Crippen LogP contribution is -2.52. The predicted octanol–water partition coefficient (Wildman–Crippen LogP) is 0.0324. The molecule has 106 valence electrons. The fraction of sp³-hybridized carbons (Fsp3) is 0.333. The number of hydrogen-bond acceptors (Lipinski definition) is 5. The van der Waals surface area contributed by atoms with Gasteiger partial charge < -0.3 is 9.84 Å². The number of benzene rings is 1. The zero-order valence-electron chi connectivity index (χ0n) is 10.4. The Kier molecular flexibility index (Phi) is 4.04. The molecule has 1 atom stereocenters. The summed E-state index contributed by atoms with van der Waals surface area (Å²) in [5, 5.41) is 18.1. The summed E-state index contributed by atoms with van der Waals surface area (Å²) >= 11 is 0. The highest BCUT2D eigenvalue weighted by molar-refractivity contribution is 7.89. The van der Waals surface area contributed by atoms with Crippen molar-refractivity contribution in [3.8, 4) is 6.07 Å². The Morgan fingerprint density at radius 1 is 1.45 bits per heavy atom. The first-order valence-corrected chi connectivity index (χ1v) is 7.24. The quantitative estimate of drug-likeness (QED) is 0.843. The molecule has 1 unspecified atom stereocenters. The number of aliphatic carboxylic acids is 1. The van der Waals surface area contributed by atoms with Crippen molar-refractivity contribution in [3.05, 3.63) is 29.8 Å². The minimum absolute atomic E-state index is 0.0110. The van der Waals surface area contributed by atoms with Gasteiger partial charge in [-0.05, 0) is 12.1 Å². The van der Waals surface area contributed by atoms with Crippen molar-refractivity contribution in [1.82, 2.24) is 4.31 Å². The molecule has 1 fully saturated rings. The van der Waals surface area contributed by atoms with E-state index < -0.39 is 22.0 Å². The molecule has 8 heteroatoms. The topological polar surface area (TPSA) is 108 Å². The number of nitriles is 1. The average Bonchev–Trinajstić information content (AvgIpc) is 2.47. The van der Waals surface area contributed by atoms with Gasteiger partial charge in [0.1, 0.15) is 12.1 Å². The van der Waals surface area contributed by atoms with Crippen LogP contribution in [0.4, 0.5) is 0 Å². The van der Waals surface area contributed by atoms with Gasteiger partial charge >= 0.3 is 5.97 Å². The molecule has 20 heavy (non-hydrogen) atoms. The van der Waals surface area contributed by atoms with Gasteiger partial charge in [-0.25, -0.2) is 8.42 Å². The Morgan fingerprint density at radius 3 is 2.80 bits per heavy atom. The number of carboxylic acids is 1. The Bertz CT molecular complexity index is 665. The van der Waals surface area contributed by atoms with E-state index in [0.29, 0.717) is 0 Å². The molecule has 0 aliphatic carbocycles. The molecule has 0 aromatic heterocycles. The van der Waals surface area contributed by atoms with Gasteiger partial charge in [-0.1, -0.05) is 12.1 Å². The summed E-state index contributed by atoms with van der Waals surface area (Å²) < 4.78 is 31.0. The fourth-order valence-electron chi connectivity index (χ4n) is 1.98.